The summed E-state index contributed by atoms with van der Waals surface area (Å²) in [5, 5.41) is 3.33. The van der Waals surface area contributed by atoms with Gasteiger partial charge in [-0.15, -0.1) is 0 Å². The van der Waals surface area contributed by atoms with Gasteiger partial charge < -0.3 is 48.1 Å². The minimum absolute atomic E-state index is 0.00318. The van der Waals surface area contributed by atoms with Crippen LogP contribution < -0.4 is 5.32 Å². The van der Waals surface area contributed by atoms with Gasteiger partial charge in [-0.25, -0.2) is 4.79 Å². The van der Waals surface area contributed by atoms with Gasteiger partial charge in [0.25, 0.3) is 0 Å². The normalized spacial score (nSPS) is 22.4. The lowest BCUT2D eigenvalue weighted by Crippen LogP contribution is -2.53. The summed E-state index contributed by atoms with van der Waals surface area (Å²) in [4.78, 5) is 16.3. The lowest BCUT2D eigenvalue weighted by Gasteiger charge is -2.37. The molecule has 2 fully saturated rings. The summed E-state index contributed by atoms with van der Waals surface area (Å²) in [6.07, 6.45) is 2.86. The van der Waals surface area contributed by atoms with Crippen LogP contribution in [0.5, 0.6) is 0 Å². The third-order valence-electron chi connectivity index (χ3n) is 9.16. The lowest BCUT2D eigenvalue weighted by molar-refractivity contribution is -0.187. The van der Waals surface area contributed by atoms with Crippen LogP contribution in [0, 0.1) is 0 Å². The number of carbonyl (C=O) groups is 1. The Bertz CT molecular complexity index is 1380. The van der Waals surface area contributed by atoms with Crippen molar-refractivity contribution in [2.45, 2.75) is 75.8 Å². The fraction of sp³-hybridized carbons (Fsp3) is 0.525. The Morgan fingerprint density at radius 3 is 1.90 bits per heavy atom. The Morgan fingerprint density at radius 1 is 0.686 bits per heavy atom. The predicted molar refractivity (Wildman–Crippen MR) is 192 cm³/mol. The number of ether oxygens (including phenoxy) is 8. The van der Waals surface area contributed by atoms with E-state index < -0.39 is 24.3 Å². The second-order valence-electron chi connectivity index (χ2n) is 12.9. The molecule has 278 valence electrons. The first-order valence-corrected chi connectivity index (χ1v) is 18.0. The summed E-state index contributed by atoms with van der Waals surface area (Å²) in [6.45, 7) is 3.20. The summed E-state index contributed by atoms with van der Waals surface area (Å²) in [7, 11) is 3.26. The van der Waals surface area contributed by atoms with Crippen molar-refractivity contribution in [3.8, 4) is 0 Å². The molecule has 0 aliphatic carbocycles. The lowest BCUT2D eigenvalue weighted by atomic mass is 9.91. The van der Waals surface area contributed by atoms with Crippen LogP contribution in [0.2, 0.25) is 0 Å². The molecular formula is C40H54N2O9. The van der Waals surface area contributed by atoms with Gasteiger partial charge in [-0.1, -0.05) is 84.9 Å². The third-order valence-corrected chi connectivity index (χ3v) is 9.16. The van der Waals surface area contributed by atoms with Crippen LogP contribution in [0.3, 0.4) is 0 Å². The monoisotopic (exact) mass is 706 g/mol. The van der Waals surface area contributed by atoms with E-state index in [0.29, 0.717) is 52.4 Å². The number of urea groups is 1. The molecule has 3 aromatic carbocycles. The molecule has 5 rings (SSSR count). The summed E-state index contributed by atoms with van der Waals surface area (Å²) in [5.74, 6) is 0. The highest BCUT2D eigenvalue weighted by atomic mass is 16.7. The highest BCUT2D eigenvalue weighted by Gasteiger charge is 2.45. The summed E-state index contributed by atoms with van der Waals surface area (Å²) in [5.41, 5.74) is 4.17. The van der Waals surface area contributed by atoms with Crippen molar-refractivity contribution in [3.63, 3.8) is 0 Å². The van der Waals surface area contributed by atoms with Crippen LogP contribution in [0.1, 0.15) is 41.5 Å². The van der Waals surface area contributed by atoms with Gasteiger partial charge in [0.15, 0.2) is 6.29 Å². The molecule has 2 aliphatic heterocycles. The second-order valence-corrected chi connectivity index (χ2v) is 12.9. The van der Waals surface area contributed by atoms with Crippen molar-refractivity contribution in [1.29, 1.82) is 0 Å². The average molecular weight is 707 g/mol. The Labute approximate surface area is 302 Å². The number of benzene rings is 3. The quantitative estimate of drug-likeness (QED) is 0.114. The van der Waals surface area contributed by atoms with E-state index in [0.717, 1.165) is 48.1 Å². The van der Waals surface area contributed by atoms with E-state index in [9.17, 15) is 4.79 Å². The summed E-state index contributed by atoms with van der Waals surface area (Å²) >= 11 is 0. The van der Waals surface area contributed by atoms with Gasteiger partial charge in [-0.3, -0.25) is 0 Å². The van der Waals surface area contributed by atoms with E-state index in [4.69, 9.17) is 37.9 Å². The Balaban J connectivity index is 1.44. The fourth-order valence-electron chi connectivity index (χ4n) is 6.45. The van der Waals surface area contributed by atoms with Crippen molar-refractivity contribution < 1.29 is 42.7 Å². The molecule has 0 spiro atoms. The number of nitrogens with one attached hydrogen (secondary N) is 1. The molecule has 1 N–H and O–H groups in total. The molecule has 5 atom stereocenters. The van der Waals surface area contributed by atoms with Crippen molar-refractivity contribution in [2.75, 3.05) is 60.8 Å². The maximum Gasteiger partial charge on any atom is 0.318 e. The van der Waals surface area contributed by atoms with Gasteiger partial charge in [-0.2, -0.15) is 0 Å². The highest BCUT2D eigenvalue weighted by molar-refractivity contribution is 5.76. The van der Waals surface area contributed by atoms with E-state index in [1.54, 1.807) is 14.2 Å². The first-order chi connectivity index (χ1) is 25.1. The molecule has 1 unspecified atom stereocenters. The molecule has 11 nitrogen and oxygen atoms in total. The maximum atomic E-state index is 14.5. The molecule has 51 heavy (non-hydrogen) atoms. The Hall–Kier alpha value is -3.39. The smallest absolute Gasteiger partial charge is 0.318 e. The van der Waals surface area contributed by atoms with Crippen LogP contribution in [-0.2, 0) is 63.9 Å². The zero-order chi connectivity index (χ0) is 35.5. The van der Waals surface area contributed by atoms with Crippen LogP contribution in [0.25, 0.3) is 0 Å². The topological polar surface area (TPSA) is 106 Å². The number of methoxy groups -OCH3 is 2. The molecule has 2 heterocycles. The summed E-state index contributed by atoms with van der Waals surface area (Å²) in [6, 6.07) is 27.4. The number of nitrogens with zero attached hydrogens (tertiary/aromatic N) is 1. The van der Waals surface area contributed by atoms with E-state index in [-0.39, 0.29) is 25.9 Å². The van der Waals surface area contributed by atoms with Crippen molar-refractivity contribution in [1.82, 2.24) is 10.2 Å². The van der Waals surface area contributed by atoms with Crippen LogP contribution in [-0.4, -0.2) is 102 Å². The molecule has 0 radical (unpaired) electrons. The van der Waals surface area contributed by atoms with Gasteiger partial charge in [-0.05, 0) is 54.4 Å². The minimum Gasteiger partial charge on any atom is -0.382 e. The molecule has 0 aromatic heterocycles. The standard InChI is InChI=1S/C40H54N2O9/c1-44-21-23-46-29-50-38-35(25-31-11-5-3-6-12-31)41-40(43)42(27-33-16-18-34(19-17-33)28-49-37-15-9-10-20-48-37)36(26-32-13-7-4-8-14-32)39(38)51-30-47-24-22-45-2/h3-8,11-14,16-19,35-39H,9-10,15,20-30H2,1-2H3,(H,41,43)/t35-,36-,37?,38+,39+/m1/s1. The molecular weight excluding hydrogens is 652 g/mol. The van der Waals surface area contributed by atoms with Crippen LogP contribution >= 0.6 is 0 Å². The molecule has 11 heteroatoms. The Kier molecular flexibility index (Phi) is 16.6. The zero-order valence-electron chi connectivity index (χ0n) is 30.0. The number of carbonyl (C=O) groups excluding carboxylic acids is 1. The predicted octanol–water partition coefficient (Wildman–Crippen LogP) is 5.49. The number of amides is 2. The number of rotatable bonds is 21. The van der Waals surface area contributed by atoms with Gasteiger partial charge in [0.05, 0.1) is 45.1 Å². The zero-order valence-corrected chi connectivity index (χ0v) is 30.0. The molecule has 0 saturated carbocycles. The fourth-order valence-corrected chi connectivity index (χ4v) is 6.45. The molecule has 2 amide bonds. The van der Waals surface area contributed by atoms with Crippen molar-refractivity contribution in [3.05, 3.63) is 107 Å². The number of hydrogen-bond donors (Lipinski definition) is 1. The largest absolute Gasteiger partial charge is 0.382 e. The van der Waals surface area contributed by atoms with E-state index in [1.807, 2.05) is 41.3 Å². The molecule has 3 aromatic rings. The molecule has 0 bridgehead atoms. The average Bonchev–Trinajstić information content (AvgIpc) is 3.26. The first-order valence-electron chi connectivity index (χ1n) is 18.0. The molecule has 2 saturated heterocycles. The maximum absolute atomic E-state index is 14.5. The van der Waals surface area contributed by atoms with E-state index >= 15 is 0 Å². The van der Waals surface area contributed by atoms with Gasteiger partial charge in [0, 0.05) is 27.4 Å². The highest BCUT2D eigenvalue weighted by Crippen LogP contribution is 2.28. The van der Waals surface area contributed by atoms with Gasteiger partial charge >= 0.3 is 6.03 Å². The third kappa shape index (κ3) is 12.7. The van der Waals surface area contributed by atoms with E-state index in [1.165, 1.54) is 0 Å². The van der Waals surface area contributed by atoms with Gasteiger partial charge in [0.1, 0.15) is 25.8 Å². The summed E-state index contributed by atoms with van der Waals surface area (Å²) < 4.78 is 46.9. The van der Waals surface area contributed by atoms with E-state index in [2.05, 4.69) is 53.8 Å². The SMILES string of the molecule is COCCOCO[C@@H]1[C@@H](OCOCCOC)[C@@H](Cc2ccccc2)NC(=O)N(Cc2ccc(COC3CCCCO3)cc2)[C@@H]1Cc1ccccc1. The number of hydrogen-bond acceptors (Lipinski definition) is 9. The van der Waals surface area contributed by atoms with Crippen LogP contribution in [0.4, 0.5) is 4.79 Å². The first kappa shape index (κ1) is 38.8. The van der Waals surface area contributed by atoms with Crippen LogP contribution in [0.15, 0.2) is 84.9 Å². The van der Waals surface area contributed by atoms with Crippen molar-refractivity contribution >= 4 is 6.03 Å². The second kappa shape index (κ2) is 21.9. The van der Waals surface area contributed by atoms with Crippen molar-refractivity contribution in [2.24, 2.45) is 0 Å². The Morgan fingerprint density at radius 2 is 1.29 bits per heavy atom. The molecule has 2 aliphatic rings. The van der Waals surface area contributed by atoms with Gasteiger partial charge in [0.2, 0.25) is 0 Å². The minimum atomic E-state index is -0.588.